The zero-order chi connectivity index (χ0) is 19.4. The maximum atomic E-state index is 12.0. The van der Waals surface area contributed by atoms with Crippen LogP contribution in [0.5, 0.6) is 0 Å². The molecule has 3 heterocycles. The quantitative estimate of drug-likeness (QED) is 0.578. The van der Waals surface area contributed by atoms with Gasteiger partial charge < -0.3 is 10.2 Å². The summed E-state index contributed by atoms with van der Waals surface area (Å²) in [6, 6.07) is 0. The fourth-order valence-corrected chi connectivity index (χ4v) is 3.85. The van der Waals surface area contributed by atoms with Crippen LogP contribution >= 0.6 is 11.8 Å². The zero-order valence-corrected chi connectivity index (χ0v) is 17.6. The molecule has 1 aliphatic heterocycles. The van der Waals surface area contributed by atoms with Crippen LogP contribution in [0, 0.1) is 5.41 Å². The molecule has 1 amide bonds. The van der Waals surface area contributed by atoms with Gasteiger partial charge in [0.2, 0.25) is 5.91 Å². The molecule has 3 rings (SSSR count). The van der Waals surface area contributed by atoms with Crippen LogP contribution in [-0.2, 0) is 11.3 Å². The fourth-order valence-electron chi connectivity index (χ4n) is 3.29. The Balaban J connectivity index is 1.77. The van der Waals surface area contributed by atoms with Crippen molar-refractivity contribution >= 4 is 34.5 Å². The predicted octanol–water partition coefficient (Wildman–Crippen LogP) is 3.09. The monoisotopic (exact) mass is 390 g/mol. The number of carbonyl (C=O) groups excluding carboxylic acids is 1. The molecule has 8 heteroatoms. The summed E-state index contributed by atoms with van der Waals surface area (Å²) in [5.41, 5.74) is 0.847. The molecule has 1 saturated heterocycles. The van der Waals surface area contributed by atoms with Crippen LogP contribution in [0.3, 0.4) is 0 Å². The smallest absolute Gasteiger partial charge is 0.220 e. The number of aromatic nitrogens is 4. The van der Waals surface area contributed by atoms with Gasteiger partial charge in [0, 0.05) is 26.1 Å². The van der Waals surface area contributed by atoms with Gasteiger partial charge in [-0.25, -0.2) is 14.6 Å². The first-order valence-electron chi connectivity index (χ1n) is 9.75. The van der Waals surface area contributed by atoms with E-state index < -0.39 is 0 Å². The number of nitrogens with zero attached hydrogens (tertiary/aromatic N) is 5. The molecule has 0 atom stereocenters. The molecule has 0 spiro atoms. The highest BCUT2D eigenvalue weighted by Gasteiger charge is 2.21. The minimum Gasteiger partial charge on any atom is -0.356 e. The third kappa shape index (κ3) is 5.12. The van der Waals surface area contributed by atoms with E-state index in [1.54, 1.807) is 11.8 Å². The van der Waals surface area contributed by atoms with E-state index in [0.29, 0.717) is 19.5 Å². The SMILES string of the molecule is CCSc1nc(N2CCCC2)c2cnn(CCNC(=O)CC(C)(C)C)c2n1. The van der Waals surface area contributed by atoms with Crippen molar-refractivity contribution in [3.63, 3.8) is 0 Å². The summed E-state index contributed by atoms with van der Waals surface area (Å²) >= 11 is 1.65. The highest BCUT2D eigenvalue weighted by molar-refractivity contribution is 7.99. The molecule has 148 valence electrons. The summed E-state index contributed by atoms with van der Waals surface area (Å²) in [5, 5.41) is 9.32. The van der Waals surface area contributed by atoms with Crippen LogP contribution in [0.25, 0.3) is 11.0 Å². The lowest BCUT2D eigenvalue weighted by Crippen LogP contribution is -2.30. The third-order valence-corrected chi connectivity index (χ3v) is 5.20. The van der Waals surface area contributed by atoms with Crippen molar-refractivity contribution in [3.8, 4) is 0 Å². The second-order valence-corrected chi connectivity index (χ2v) is 9.38. The molecule has 0 bridgehead atoms. The van der Waals surface area contributed by atoms with E-state index in [9.17, 15) is 4.79 Å². The second kappa shape index (κ2) is 8.46. The summed E-state index contributed by atoms with van der Waals surface area (Å²) in [6.07, 6.45) is 4.79. The van der Waals surface area contributed by atoms with Crippen molar-refractivity contribution in [2.75, 3.05) is 30.3 Å². The van der Waals surface area contributed by atoms with Crippen LogP contribution in [0.1, 0.15) is 47.0 Å². The Kier molecular flexibility index (Phi) is 6.24. The number of hydrogen-bond acceptors (Lipinski definition) is 6. The molecule has 0 unspecified atom stereocenters. The molecule has 2 aromatic heterocycles. The average molecular weight is 391 g/mol. The fraction of sp³-hybridized carbons (Fsp3) is 0.684. The van der Waals surface area contributed by atoms with E-state index >= 15 is 0 Å². The third-order valence-electron chi connectivity index (χ3n) is 4.47. The largest absolute Gasteiger partial charge is 0.356 e. The Bertz CT molecular complexity index is 791. The summed E-state index contributed by atoms with van der Waals surface area (Å²) in [6.45, 7) is 11.5. The van der Waals surface area contributed by atoms with Gasteiger partial charge in [0.15, 0.2) is 10.8 Å². The van der Waals surface area contributed by atoms with Crippen molar-refractivity contribution in [3.05, 3.63) is 6.20 Å². The van der Waals surface area contributed by atoms with Crippen molar-refractivity contribution in [1.82, 2.24) is 25.1 Å². The molecular formula is C19H30N6OS. The highest BCUT2D eigenvalue weighted by atomic mass is 32.2. The van der Waals surface area contributed by atoms with Gasteiger partial charge in [-0.2, -0.15) is 5.10 Å². The van der Waals surface area contributed by atoms with Crippen LogP contribution in [0.2, 0.25) is 0 Å². The van der Waals surface area contributed by atoms with Gasteiger partial charge in [-0.3, -0.25) is 4.79 Å². The lowest BCUT2D eigenvalue weighted by atomic mass is 9.92. The maximum absolute atomic E-state index is 12.0. The van der Waals surface area contributed by atoms with Gasteiger partial charge in [-0.15, -0.1) is 0 Å². The van der Waals surface area contributed by atoms with Gasteiger partial charge >= 0.3 is 0 Å². The second-order valence-electron chi connectivity index (χ2n) is 8.15. The molecule has 1 fully saturated rings. The average Bonchev–Trinajstić information content (AvgIpc) is 3.23. The molecule has 1 N–H and O–H groups in total. The van der Waals surface area contributed by atoms with Crippen LogP contribution < -0.4 is 10.2 Å². The van der Waals surface area contributed by atoms with Crippen LogP contribution in [0.4, 0.5) is 5.82 Å². The molecule has 27 heavy (non-hydrogen) atoms. The Hall–Kier alpha value is -1.83. The van der Waals surface area contributed by atoms with Crippen molar-refractivity contribution < 1.29 is 4.79 Å². The van der Waals surface area contributed by atoms with E-state index in [4.69, 9.17) is 9.97 Å². The minimum atomic E-state index is -0.00733. The summed E-state index contributed by atoms with van der Waals surface area (Å²) in [7, 11) is 0. The summed E-state index contributed by atoms with van der Waals surface area (Å²) < 4.78 is 1.88. The van der Waals surface area contributed by atoms with Gasteiger partial charge in [0.1, 0.15) is 5.82 Å². The lowest BCUT2D eigenvalue weighted by molar-refractivity contribution is -0.122. The molecule has 0 radical (unpaired) electrons. The predicted molar refractivity (Wildman–Crippen MR) is 110 cm³/mol. The highest BCUT2D eigenvalue weighted by Crippen LogP contribution is 2.29. The van der Waals surface area contributed by atoms with E-state index in [2.05, 4.69) is 43.0 Å². The molecule has 2 aromatic rings. The number of anilines is 1. The summed E-state index contributed by atoms with van der Waals surface area (Å²) in [4.78, 5) is 23.9. The minimum absolute atomic E-state index is 0.00733. The van der Waals surface area contributed by atoms with Crippen molar-refractivity contribution in [1.29, 1.82) is 0 Å². The van der Waals surface area contributed by atoms with Crippen LogP contribution in [0.15, 0.2) is 11.4 Å². The number of rotatable bonds is 7. The molecular weight excluding hydrogens is 360 g/mol. The van der Waals surface area contributed by atoms with E-state index in [1.807, 2.05) is 10.9 Å². The number of nitrogens with one attached hydrogen (secondary N) is 1. The van der Waals surface area contributed by atoms with Crippen molar-refractivity contribution in [2.24, 2.45) is 5.41 Å². The number of hydrogen-bond donors (Lipinski definition) is 1. The van der Waals surface area contributed by atoms with Gasteiger partial charge in [-0.1, -0.05) is 39.5 Å². The molecule has 0 aliphatic carbocycles. The Morgan fingerprint density at radius 2 is 2.00 bits per heavy atom. The first kappa shape index (κ1) is 19.9. The first-order chi connectivity index (χ1) is 12.9. The molecule has 1 aliphatic rings. The molecule has 7 nitrogen and oxygen atoms in total. The maximum Gasteiger partial charge on any atom is 0.220 e. The van der Waals surface area contributed by atoms with Gasteiger partial charge in [-0.05, 0) is 24.0 Å². The topological polar surface area (TPSA) is 75.9 Å². The Morgan fingerprint density at radius 1 is 1.26 bits per heavy atom. The normalized spacial score (nSPS) is 14.9. The van der Waals surface area contributed by atoms with Gasteiger partial charge in [0.25, 0.3) is 0 Å². The van der Waals surface area contributed by atoms with Crippen LogP contribution in [-0.4, -0.2) is 51.0 Å². The standard InChI is InChI=1S/C19H30N6OS/c1-5-27-18-22-16(24-9-6-7-10-24)14-13-21-25(17(14)23-18)11-8-20-15(26)12-19(2,3)4/h13H,5-12H2,1-4H3,(H,20,26). The van der Waals surface area contributed by atoms with Gasteiger partial charge in [0.05, 0.1) is 18.1 Å². The molecule has 0 saturated carbocycles. The molecule has 0 aromatic carbocycles. The number of carbonyl (C=O) groups is 1. The Morgan fingerprint density at radius 3 is 2.67 bits per heavy atom. The lowest BCUT2D eigenvalue weighted by Gasteiger charge is -2.18. The van der Waals surface area contributed by atoms with E-state index in [1.165, 1.54) is 12.8 Å². The van der Waals surface area contributed by atoms with E-state index in [-0.39, 0.29) is 11.3 Å². The van der Waals surface area contributed by atoms with Crippen molar-refractivity contribution in [2.45, 2.75) is 58.7 Å². The number of amides is 1. The number of thioether (sulfide) groups is 1. The van der Waals surface area contributed by atoms with E-state index in [0.717, 1.165) is 40.9 Å². The summed E-state index contributed by atoms with van der Waals surface area (Å²) in [5.74, 6) is 2.01. The zero-order valence-electron chi connectivity index (χ0n) is 16.8. The first-order valence-corrected chi connectivity index (χ1v) is 10.7. The Labute approximate surface area is 165 Å². The number of fused-ring (bicyclic) bond motifs is 1.